The van der Waals surface area contributed by atoms with E-state index in [1.165, 1.54) is 0 Å². The summed E-state index contributed by atoms with van der Waals surface area (Å²) < 4.78 is 66.1. The Labute approximate surface area is 714 Å². The first-order valence-corrected chi connectivity index (χ1v) is 46.6. The summed E-state index contributed by atoms with van der Waals surface area (Å²) in [5, 5.41) is 73.0. The quantitative estimate of drug-likeness (QED) is 0.0438. The zero-order chi connectivity index (χ0) is 76.2. The molecule has 0 aliphatic carbocycles. The Morgan fingerprint density at radius 2 is 0.333 bits per heavy atom. The fraction of sp³-hybridized carbons (Fsp3) is 0.419. The molecule has 12 aromatic rings. The van der Waals surface area contributed by atoms with Crippen molar-refractivity contribution in [3.05, 3.63) is 146 Å². The Hall–Kier alpha value is -0.0857. The Bertz CT molecular complexity index is 3190. The number of ether oxygens (including phenoxy) is 12. The molecule has 0 radical (unpaired) electrons. The largest absolute Gasteiger partial charge is 4.00 e. The third-order valence-corrected chi connectivity index (χ3v) is 25.5. The van der Waals surface area contributed by atoms with Gasteiger partial charge < -0.3 is 114 Å². The maximum atomic E-state index is 11.0. The molecule has 0 spiro atoms. The average Bonchev–Trinajstić information content (AvgIpc) is 1.78. The Morgan fingerprint density at radius 3 is 0.419 bits per heavy atom. The van der Waals surface area contributed by atoms with Crippen LogP contribution in [0.15, 0.2) is 146 Å². The molecule has 12 rings (SSSR count). The summed E-state index contributed by atoms with van der Waals surface area (Å²) in [6, 6.07) is 34.8. The second-order valence-electron chi connectivity index (χ2n) is 17.6. The summed E-state index contributed by atoms with van der Waals surface area (Å²) >= 11 is 19.1. The first-order valence-electron chi connectivity index (χ1n) is 29.5. The molecule has 0 aliphatic heterocycles. The normalized spacial score (nSPS) is 10.3. The van der Waals surface area contributed by atoms with Gasteiger partial charge in [0.1, 0.15) is 0 Å². The molecule has 105 heavy (non-hydrogen) atoms. The second-order valence-corrected chi connectivity index (χ2v) is 33.8. The summed E-state index contributed by atoms with van der Waals surface area (Å²) in [6.07, 6.45) is 10.9. The van der Waals surface area contributed by atoms with Crippen LogP contribution in [-0.2, 0) is 78.6 Å². The van der Waals surface area contributed by atoms with Crippen molar-refractivity contribution in [3.63, 3.8) is 0 Å². The molecular formula is C62H88Cl4N6Na2O18P12Ti. The molecule has 568 valence electrons. The maximum absolute atomic E-state index is 11.0. The van der Waals surface area contributed by atoms with E-state index in [0.717, 1.165) is 126 Å². The summed E-state index contributed by atoms with van der Waals surface area (Å²) in [7, 11) is 31.7. The van der Waals surface area contributed by atoms with Crippen molar-refractivity contribution in [3.8, 4) is 33.7 Å². The summed E-state index contributed by atoms with van der Waals surface area (Å²) in [5.41, 5.74) is 1.07. The third-order valence-electron chi connectivity index (χ3n) is 10.6. The van der Waals surface area contributed by atoms with Crippen LogP contribution >= 0.6 is 141 Å². The van der Waals surface area contributed by atoms with Crippen LogP contribution in [0.25, 0.3) is 31.5 Å². The van der Waals surface area contributed by atoms with Crippen molar-refractivity contribution < 1.29 is 168 Å². The van der Waals surface area contributed by atoms with E-state index >= 15 is 0 Å². The van der Waals surface area contributed by atoms with E-state index in [1.807, 2.05) is 146 Å². The van der Waals surface area contributed by atoms with Crippen LogP contribution in [0.4, 0.5) is 0 Å². The average molecular weight is 1810 g/mol. The topological polar surface area (TPSA) is 276 Å². The molecule has 0 saturated carbocycles. The van der Waals surface area contributed by atoms with Gasteiger partial charge >= 0.3 is 80.8 Å². The molecule has 0 bridgehead atoms. The molecule has 24 nitrogen and oxygen atoms in total. The van der Waals surface area contributed by atoms with Crippen LogP contribution in [0.1, 0.15) is 0 Å². The molecule has 0 amide bonds. The van der Waals surface area contributed by atoms with E-state index in [9.17, 15) is 30.6 Å². The number of fused-ring (bicyclic) bond motifs is 6. The molecule has 0 N–H and O–H groups in total. The molecule has 0 aromatic carbocycles. The predicted molar refractivity (Wildman–Crippen MR) is 427 cm³/mol. The predicted octanol–water partition coefficient (Wildman–Crippen LogP) is 11.6. The van der Waals surface area contributed by atoms with Crippen molar-refractivity contribution in [1.29, 1.82) is 0 Å². The number of alkyl halides is 4. The van der Waals surface area contributed by atoms with Gasteiger partial charge in [0.05, 0.1) is 121 Å². The maximum Gasteiger partial charge on any atom is 4.00 e. The van der Waals surface area contributed by atoms with Gasteiger partial charge in [-0.1, -0.05) is 36.4 Å². The van der Waals surface area contributed by atoms with E-state index < -0.39 is 0 Å². The molecular weight excluding hydrogens is 1720 g/mol. The minimum absolute atomic E-state index is 0. The first-order chi connectivity index (χ1) is 49.6. The van der Waals surface area contributed by atoms with Crippen LogP contribution in [0, 0.1) is 0 Å². The Kier molecular flexibility index (Phi) is 88.5. The molecule has 12 heterocycles. The van der Waals surface area contributed by atoms with Gasteiger partial charge in [0, 0.05) is 156 Å². The SMILES string of the molecule is COCCOC.COCCOC.COCCOC.COCCOC.COCCOC.COCCOC.ClCCl.ClCCl.[Na+].[Na+].[O-]c1ppc2ccccn12.[O-]c1ppc2ccccn12.[O-]c1ppc2ccccn12.[O-]c1ppc2ccccn12.[O-]c1ppc2ccccn12.[O-]c1ppc2ccccn12.[Ti+4]. The van der Waals surface area contributed by atoms with E-state index in [4.69, 9.17) is 46.4 Å². The van der Waals surface area contributed by atoms with Gasteiger partial charge in [-0.25, -0.2) is 0 Å². The van der Waals surface area contributed by atoms with Gasteiger partial charge in [0.25, 0.3) is 0 Å². The van der Waals surface area contributed by atoms with Crippen molar-refractivity contribution in [2.45, 2.75) is 0 Å². The number of pyridine rings is 6. The zero-order valence-electron chi connectivity index (χ0n) is 61.2. The minimum Gasteiger partial charge on any atom is -0.856 e. The fourth-order valence-electron chi connectivity index (χ4n) is 5.92. The van der Waals surface area contributed by atoms with Crippen LogP contribution < -0.4 is 89.8 Å². The Balaban J connectivity index is -0.000000346. The standard InChI is InChI=1S/6C6H5NOP2.6C4H10O2.2CH2Cl2.2Na.Ti/c6*8-6-7-4-2-1-3-5(7)9-10-6;6*1-5-3-4-6-2;2*2-1-3;;;/h6*1-4,8H;6*3-4H2,1-2H3;2*1H2;;;/q;;;;;;;;;;;;;;2*+1;+4/p-6. The molecule has 0 unspecified atom stereocenters. The van der Waals surface area contributed by atoms with Gasteiger partial charge in [-0.2, -0.15) is 0 Å². The molecule has 0 aliphatic rings. The summed E-state index contributed by atoms with van der Waals surface area (Å²) in [4.78, 5) is 0. The zero-order valence-corrected chi connectivity index (χ0v) is 80.5. The molecule has 12 aromatic heterocycles. The molecule has 43 heteroatoms. The fourth-order valence-corrected chi connectivity index (χ4v) is 19.6. The van der Waals surface area contributed by atoms with Crippen molar-refractivity contribution in [1.82, 2.24) is 26.4 Å². The minimum atomic E-state index is 0. The van der Waals surface area contributed by atoms with Crippen molar-refractivity contribution in [2.75, 3.05) is 175 Å². The van der Waals surface area contributed by atoms with Crippen LogP contribution in [0.3, 0.4) is 0 Å². The molecule has 0 saturated heterocycles. The number of hydrogen-bond acceptors (Lipinski definition) is 18. The van der Waals surface area contributed by atoms with Crippen LogP contribution in [0.2, 0.25) is 0 Å². The van der Waals surface area contributed by atoms with Gasteiger partial charge in [-0.3, -0.25) is 0 Å². The number of rotatable bonds is 18. The summed E-state index contributed by atoms with van der Waals surface area (Å²) in [6.45, 7) is 8.29. The van der Waals surface area contributed by atoms with Crippen LogP contribution in [0.5, 0.6) is 33.7 Å². The second kappa shape index (κ2) is 81.9. The first kappa shape index (κ1) is 113. The van der Waals surface area contributed by atoms with E-state index in [-0.39, 0.29) is 125 Å². The van der Waals surface area contributed by atoms with Gasteiger partial charge in [-0.15, -0.1) is 46.4 Å². The van der Waals surface area contributed by atoms with Gasteiger partial charge in [-0.05, 0) is 167 Å². The third kappa shape index (κ3) is 56.7. The number of methoxy groups -OCH3 is 12. The Morgan fingerprint density at radius 1 is 0.229 bits per heavy atom. The number of nitrogens with zero attached hydrogens (tertiary/aromatic N) is 6. The molecule has 0 fully saturated rings. The van der Waals surface area contributed by atoms with E-state index in [1.54, 1.807) is 112 Å². The monoisotopic (exact) mass is 1810 g/mol. The van der Waals surface area contributed by atoms with Gasteiger partial charge in [0.15, 0.2) is 0 Å². The number of aromatic nitrogens is 6. The van der Waals surface area contributed by atoms with Gasteiger partial charge in [0.2, 0.25) is 0 Å². The summed E-state index contributed by atoms with van der Waals surface area (Å²) in [5.74, 6) is 0. The smallest absolute Gasteiger partial charge is 0.856 e. The number of hydrogen-bond donors (Lipinski definition) is 0. The van der Waals surface area contributed by atoms with Crippen molar-refractivity contribution in [2.24, 2.45) is 0 Å². The number of halogens is 4. The van der Waals surface area contributed by atoms with Crippen molar-refractivity contribution >= 4 is 172 Å². The molecule has 0 atom stereocenters. The van der Waals surface area contributed by atoms with E-state index in [2.05, 4.69) is 56.8 Å². The van der Waals surface area contributed by atoms with E-state index in [0.29, 0.717) is 79.3 Å². The van der Waals surface area contributed by atoms with Crippen LogP contribution in [-0.4, -0.2) is 202 Å².